The highest BCUT2D eigenvalue weighted by molar-refractivity contribution is 7.19. The number of carbonyl (C=O) groups excluding carboxylic acids is 1. The molecule has 7 heteroatoms. The minimum absolute atomic E-state index is 0.00633. The molecule has 2 saturated heterocycles. The van der Waals surface area contributed by atoms with Crippen molar-refractivity contribution in [2.24, 2.45) is 5.92 Å². The summed E-state index contributed by atoms with van der Waals surface area (Å²) in [5, 5.41) is 4.37. The number of nitrogens with zero attached hydrogens (tertiary/aromatic N) is 3. The molecular weight excluding hydrogens is 420 g/mol. The Kier molecular flexibility index (Phi) is 6.28. The molecule has 1 unspecified atom stereocenters. The number of benzene rings is 1. The molecule has 5 rings (SSSR count). The number of nitrogens with one attached hydrogen (secondary N) is 1. The van der Waals surface area contributed by atoms with Crippen LogP contribution in [0.2, 0.25) is 0 Å². The summed E-state index contributed by atoms with van der Waals surface area (Å²) in [7, 11) is 0. The van der Waals surface area contributed by atoms with Crippen LogP contribution < -0.4 is 15.1 Å². The third-order valence-corrected chi connectivity index (χ3v) is 7.43. The highest BCUT2D eigenvalue weighted by Crippen LogP contribution is 2.33. The zero-order valence-electron chi connectivity index (χ0n) is 18.5. The van der Waals surface area contributed by atoms with E-state index in [1.807, 2.05) is 6.20 Å². The fraction of sp³-hybridized carbons (Fsp3) is 0.440. The summed E-state index contributed by atoms with van der Waals surface area (Å²) in [6.45, 7) is 7.81. The minimum atomic E-state index is -0.00633. The minimum Gasteiger partial charge on any atom is -0.378 e. The summed E-state index contributed by atoms with van der Waals surface area (Å²) >= 11 is 1.80. The van der Waals surface area contributed by atoms with Crippen molar-refractivity contribution in [2.45, 2.75) is 26.3 Å². The maximum atomic E-state index is 13.0. The number of rotatable bonds is 5. The second-order valence-electron chi connectivity index (χ2n) is 8.67. The first-order chi connectivity index (χ1) is 15.7. The first kappa shape index (κ1) is 21.2. The molecule has 4 heterocycles. The van der Waals surface area contributed by atoms with Gasteiger partial charge in [-0.3, -0.25) is 4.79 Å². The molecular formula is C25H30N4O2S. The van der Waals surface area contributed by atoms with Crippen LogP contribution in [0.1, 0.15) is 23.3 Å². The molecule has 0 spiro atoms. The number of aryl methyl sites for hydroxylation is 1. The van der Waals surface area contributed by atoms with Crippen LogP contribution >= 0.6 is 11.3 Å². The van der Waals surface area contributed by atoms with Crippen molar-refractivity contribution in [1.82, 2.24) is 10.3 Å². The molecule has 1 atom stereocenters. The Morgan fingerprint density at radius 1 is 1.16 bits per heavy atom. The lowest BCUT2D eigenvalue weighted by atomic mass is 9.96. The molecule has 0 saturated carbocycles. The van der Waals surface area contributed by atoms with Crippen molar-refractivity contribution < 1.29 is 9.53 Å². The third kappa shape index (κ3) is 4.59. The van der Waals surface area contributed by atoms with Crippen molar-refractivity contribution in [1.29, 1.82) is 0 Å². The van der Waals surface area contributed by atoms with Crippen LogP contribution in [-0.2, 0) is 16.1 Å². The summed E-state index contributed by atoms with van der Waals surface area (Å²) in [6, 6.07) is 12.8. The third-order valence-electron chi connectivity index (χ3n) is 6.42. The smallest absolute Gasteiger partial charge is 0.225 e. The van der Waals surface area contributed by atoms with E-state index in [4.69, 9.17) is 4.74 Å². The molecule has 6 nitrogen and oxygen atoms in total. The van der Waals surface area contributed by atoms with Crippen LogP contribution in [0.15, 0.2) is 42.6 Å². The Morgan fingerprint density at radius 3 is 2.78 bits per heavy atom. The largest absolute Gasteiger partial charge is 0.378 e. The quantitative estimate of drug-likeness (QED) is 0.637. The number of morpholine rings is 1. The number of thiophene rings is 1. The molecule has 1 aromatic carbocycles. The van der Waals surface area contributed by atoms with Gasteiger partial charge < -0.3 is 19.9 Å². The molecule has 1 N–H and O–H groups in total. The van der Waals surface area contributed by atoms with E-state index in [-0.39, 0.29) is 11.8 Å². The van der Waals surface area contributed by atoms with Crippen molar-refractivity contribution in [3.8, 4) is 0 Å². The Bertz CT molecular complexity index is 1080. The van der Waals surface area contributed by atoms with Crippen LogP contribution in [0.5, 0.6) is 0 Å². The monoisotopic (exact) mass is 450 g/mol. The van der Waals surface area contributed by atoms with Crippen molar-refractivity contribution in [3.05, 3.63) is 53.0 Å². The van der Waals surface area contributed by atoms with E-state index in [1.165, 1.54) is 20.7 Å². The van der Waals surface area contributed by atoms with Crippen molar-refractivity contribution in [2.75, 3.05) is 49.2 Å². The van der Waals surface area contributed by atoms with Crippen LogP contribution in [0.25, 0.3) is 10.1 Å². The van der Waals surface area contributed by atoms with Gasteiger partial charge >= 0.3 is 0 Å². The number of piperidine rings is 1. The highest BCUT2D eigenvalue weighted by Gasteiger charge is 2.27. The van der Waals surface area contributed by atoms with Gasteiger partial charge in [0.2, 0.25) is 5.91 Å². The molecule has 2 fully saturated rings. The number of hydrogen-bond donors (Lipinski definition) is 1. The number of aromatic nitrogens is 1. The maximum Gasteiger partial charge on any atom is 0.225 e. The number of hydrogen-bond acceptors (Lipinski definition) is 6. The molecule has 0 radical (unpaired) electrons. The van der Waals surface area contributed by atoms with Gasteiger partial charge in [0.15, 0.2) is 0 Å². The lowest BCUT2D eigenvalue weighted by Crippen LogP contribution is -2.43. The SMILES string of the molecule is Cc1cc2c(N3CCCC(C(=O)NCc4ccc(N5CCOCC5)cc4)C3)nccc2s1. The fourth-order valence-electron chi connectivity index (χ4n) is 4.69. The first-order valence-corrected chi connectivity index (χ1v) is 12.3. The van der Waals surface area contributed by atoms with Gasteiger partial charge in [-0.2, -0.15) is 0 Å². The van der Waals surface area contributed by atoms with Crippen LogP contribution in [0, 0.1) is 12.8 Å². The van der Waals surface area contributed by atoms with E-state index < -0.39 is 0 Å². The molecule has 2 aromatic heterocycles. The maximum absolute atomic E-state index is 13.0. The number of fused-ring (bicyclic) bond motifs is 1. The van der Waals surface area contributed by atoms with Crippen molar-refractivity contribution in [3.63, 3.8) is 0 Å². The average Bonchev–Trinajstić information content (AvgIpc) is 3.24. The predicted octanol–water partition coefficient (Wildman–Crippen LogP) is 3.97. The Hall–Kier alpha value is -2.64. The molecule has 168 valence electrons. The summed E-state index contributed by atoms with van der Waals surface area (Å²) in [4.78, 5) is 23.5. The molecule has 0 bridgehead atoms. The number of ether oxygens (including phenoxy) is 1. The van der Waals surface area contributed by atoms with Gasteiger partial charge in [0.25, 0.3) is 0 Å². The zero-order valence-corrected chi connectivity index (χ0v) is 19.4. The van der Waals surface area contributed by atoms with Crippen LogP contribution in [-0.4, -0.2) is 50.3 Å². The summed E-state index contributed by atoms with van der Waals surface area (Å²) in [6.07, 6.45) is 3.82. The van der Waals surface area contributed by atoms with Crippen LogP contribution in [0.4, 0.5) is 11.5 Å². The topological polar surface area (TPSA) is 57.7 Å². The van der Waals surface area contributed by atoms with Gasteiger partial charge in [0.05, 0.1) is 19.1 Å². The van der Waals surface area contributed by atoms with E-state index in [9.17, 15) is 4.79 Å². The fourth-order valence-corrected chi connectivity index (χ4v) is 5.60. The van der Waals surface area contributed by atoms with Crippen LogP contribution in [0.3, 0.4) is 0 Å². The number of carbonyl (C=O) groups is 1. The molecule has 2 aliphatic heterocycles. The average molecular weight is 451 g/mol. The van der Waals surface area contributed by atoms with Gasteiger partial charge in [-0.15, -0.1) is 11.3 Å². The molecule has 3 aromatic rings. The van der Waals surface area contributed by atoms with Gasteiger partial charge in [-0.05, 0) is 49.6 Å². The molecule has 1 amide bonds. The van der Waals surface area contributed by atoms with E-state index in [1.54, 1.807) is 11.3 Å². The summed E-state index contributed by atoms with van der Waals surface area (Å²) < 4.78 is 6.69. The summed E-state index contributed by atoms with van der Waals surface area (Å²) in [5.41, 5.74) is 2.35. The second-order valence-corrected chi connectivity index (χ2v) is 9.96. The van der Waals surface area contributed by atoms with Gasteiger partial charge in [0.1, 0.15) is 5.82 Å². The Balaban J connectivity index is 1.19. The van der Waals surface area contributed by atoms with E-state index in [2.05, 4.69) is 63.4 Å². The lowest BCUT2D eigenvalue weighted by molar-refractivity contribution is -0.125. The number of anilines is 2. The predicted molar refractivity (Wildman–Crippen MR) is 131 cm³/mol. The highest BCUT2D eigenvalue weighted by atomic mass is 32.1. The van der Waals surface area contributed by atoms with E-state index in [0.29, 0.717) is 6.54 Å². The Labute approximate surface area is 193 Å². The first-order valence-electron chi connectivity index (χ1n) is 11.5. The van der Waals surface area contributed by atoms with E-state index >= 15 is 0 Å². The molecule has 32 heavy (non-hydrogen) atoms. The lowest BCUT2D eigenvalue weighted by Gasteiger charge is -2.33. The number of pyridine rings is 1. The zero-order chi connectivity index (χ0) is 21.9. The van der Waals surface area contributed by atoms with Gasteiger partial charge in [-0.1, -0.05) is 12.1 Å². The van der Waals surface area contributed by atoms with Crippen molar-refractivity contribution >= 4 is 38.8 Å². The second kappa shape index (κ2) is 9.46. The normalized spacial score (nSPS) is 19.3. The number of amides is 1. The summed E-state index contributed by atoms with van der Waals surface area (Å²) in [5.74, 6) is 1.15. The molecule has 2 aliphatic rings. The van der Waals surface area contributed by atoms with Gasteiger partial charge in [0, 0.05) is 59.6 Å². The van der Waals surface area contributed by atoms with E-state index in [0.717, 1.165) is 63.6 Å². The molecule has 0 aliphatic carbocycles. The standard InChI is InChI=1S/C25H30N4O2S/c1-18-15-22-23(32-18)8-9-26-24(22)29-10-2-3-20(17-29)25(30)27-16-19-4-6-21(7-5-19)28-11-13-31-14-12-28/h4-9,15,20H,2-3,10-14,16-17H2,1H3,(H,27,30). The van der Waals surface area contributed by atoms with Gasteiger partial charge in [-0.25, -0.2) is 4.98 Å². The Morgan fingerprint density at radius 2 is 1.97 bits per heavy atom.